The molecule has 9 heteroatoms. The zero-order chi connectivity index (χ0) is 28.9. The molecule has 3 aromatic carbocycles. The average Bonchev–Trinajstić information content (AvgIpc) is 2.87. The van der Waals surface area contributed by atoms with E-state index in [4.69, 9.17) is 11.6 Å². The summed E-state index contributed by atoms with van der Waals surface area (Å²) in [4.78, 5) is 28.4. The maximum Gasteiger partial charge on any atom is 0.264 e. The Balaban J connectivity index is 2.06. The summed E-state index contributed by atoms with van der Waals surface area (Å²) in [5.41, 5.74) is 4.09. The van der Waals surface area contributed by atoms with Crippen LogP contribution < -0.4 is 9.62 Å². The summed E-state index contributed by atoms with van der Waals surface area (Å²) < 4.78 is 28.9. The summed E-state index contributed by atoms with van der Waals surface area (Å²) in [5.74, 6) is -0.817. The van der Waals surface area contributed by atoms with Gasteiger partial charge in [-0.15, -0.1) is 0 Å². The highest BCUT2D eigenvalue weighted by Crippen LogP contribution is 2.27. The van der Waals surface area contributed by atoms with Crippen LogP contribution in [0, 0.1) is 20.8 Å². The molecule has 7 nitrogen and oxygen atoms in total. The highest BCUT2D eigenvalue weighted by molar-refractivity contribution is 7.92. The first-order chi connectivity index (χ1) is 18.3. The van der Waals surface area contributed by atoms with Gasteiger partial charge in [-0.05, 0) is 94.6 Å². The third-order valence-corrected chi connectivity index (χ3v) is 8.53. The Kier molecular flexibility index (Phi) is 9.80. The van der Waals surface area contributed by atoms with Crippen molar-refractivity contribution in [2.24, 2.45) is 0 Å². The van der Waals surface area contributed by atoms with Crippen molar-refractivity contribution in [2.45, 2.75) is 65.1 Å². The Morgan fingerprint density at radius 2 is 1.56 bits per heavy atom. The number of rotatable bonds is 10. The van der Waals surface area contributed by atoms with E-state index >= 15 is 0 Å². The van der Waals surface area contributed by atoms with E-state index in [2.05, 4.69) is 5.32 Å². The van der Waals surface area contributed by atoms with Crippen molar-refractivity contribution in [1.29, 1.82) is 0 Å². The van der Waals surface area contributed by atoms with Gasteiger partial charge in [-0.3, -0.25) is 13.9 Å². The van der Waals surface area contributed by atoms with E-state index < -0.39 is 28.5 Å². The number of sulfonamides is 1. The van der Waals surface area contributed by atoms with E-state index in [1.807, 2.05) is 65.0 Å². The number of amides is 2. The Bertz CT molecular complexity index is 1440. The van der Waals surface area contributed by atoms with E-state index in [1.165, 1.54) is 29.2 Å². The monoisotopic (exact) mass is 569 g/mol. The summed E-state index contributed by atoms with van der Waals surface area (Å²) in [5, 5.41) is 3.26. The molecular weight excluding hydrogens is 534 g/mol. The van der Waals surface area contributed by atoms with Crippen LogP contribution in [0.5, 0.6) is 0 Å². The molecule has 39 heavy (non-hydrogen) atoms. The minimum atomic E-state index is -4.15. The molecule has 0 heterocycles. The topological polar surface area (TPSA) is 86.8 Å². The molecular formula is C30H36ClN3O4S. The molecule has 3 rings (SSSR count). The van der Waals surface area contributed by atoms with Crippen molar-refractivity contribution >= 4 is 39.1 Å². The van der Waals surface area contributed by atoms with Crippen LogP contribution in [0.25, 0.3) is 0 Å². The van der Waals surface area contributed by atoms with Crippen LogP contribution in [0.2, 0.25) is 5.02 Å². The molecule has 0 aliphatic carbocycles. The number of hydrogen-bond acceptors (Lipinski definition) is 4. The maximum absolute atomic E-state index is 14.0. The number of nitrogens with zero attached hydrogens (tertiary/aromatic N) is 2. The van der Waals surface area contributed by atoms with E-state index in [-0.39, 0.29) is 23.4 Å². The van der Waals surface area contributed by atoms with Gasteiger partial charge < -0.3 is 10.2 Å². The minimum Gasteiger partial charge on any atom is -0.352 e. The molecule has 1 N–H and O–H groups in total. The van der Waals surface area contributed by atoms with Crippen LogP contribution in [-0.4, -0.2) is 43.8 Å². The zero-order valence-corrected chi connectivity index (χ0v) is 24.8. The Morgan fingerprint density at radius 3 is 2.15 bits per heavy atom. The van der Waals surface area contributed by atoms with Gasteiger partial charge in [-0.1, -0.05) is 47.5 Å². The van der Waals surface area contributed by atoms with Gasteiger partial charge in [-0.25, -0.2) is 8.42 Å². The molecule has 1 atom stereocenters. The molecule has 0 saturated carbocycles. The summed E-state index contributed by atoms with van der Waals surface area (Å²) in [6.07, 6.45) is 0. The Morgan fingerprint density at radius 1 is 0.897 bits per heavy atom. The summed E-state index contributed by atoms with van der Waals surface area (Å²) >= 11 is 6.00. The smallest absolute Gasteiger partial charge is 0.264 e. The normalized spacial score (nSPS) is 12.2. The number of hydrogen-bond donors (Lipinski definition) is 1. The third-order valence-electron chi connectivity index (χ3n) is 6.49. The van der Waals surface area contributed by atoms with Crippen molar-refractivity contribution in [3.05, 3.63) is 94.0 Å². The molecule has 3 aromatic rings. The fourth-order valence-corrected chi connectivity index (χ4v) is 5.67. The number of carbonyl (C=O) groups excluding carboxylic acids is 2. The first-order valence-electron chi connectivity index (χ1n) is 12.8. The predicted molar refractivity (Wildman–Crippen MR) is 156 cm³/mol. The molecule has 2 amide bonds. The molecule has 0 radical (unpaired) electrons. The quantitative estimate of drug-likeness (QED) is 0.354. The first kappa shape index (κ1) is 30.2. The Labute approximate surface area is 236 Å². The number of nitrogens with one attached hydrogen (secondary N) is 1. The number of carbonyl (C=O) groups is 2. The molecule has 0 saturated heterocycles. The lowest BCUT2D eigenvalue weighted by atomic mass is 10.1. The highest BCUT2D eigenvalue weighted by Gasteiger charge is 2.32. The number of aryl methyl sites for hydroxylation is 3. The van der Waals surface area contributed by atoms with Gasteiger partial charge in [-0.2, -0.15) is 0 Å². The van der Waals surface area contributed by atoms with Crippen LogP contribution in [0.3, 0.4) is 0 Å². The van der Waals surface area contributed by atoms with Crippen LogP contribution in [-0.2, 0) is 26.2 Å². The van der Waals surface area contributed by atoms with Gasteiger partial charge in [0.2, 0.25) is 11.8 Å². The first-order valence-corrected chi connectivity index (χ1v) is 14.6. The average molecular weight is 570 g/mol. The number of halogens is 1. The second-order valence-corrected chi connectivity index (χ2v) is 12.4. The molecule has 0 aliphatic rings. The van der Waals surface area contributed by atoms with Crippen LogP contribution in [0.4, 0.5) is 5.69 Å². The standard InChI is InChI=1S/C30H36ClN3O4S/c1-20(2)32-30(36)24(6)33(18-25-9-7-8-21(3)16-25)29(35)19-34(27-13-10-22(4)23(5)17-27)39(37,38)28-14-11-26(31)12-15-28/h7-17,20,24H,18-19H2,1-6H3,(H,32,36). The fourth-order valence-electron chi connectivity index (χ4n) is 4.14. The van der Waals surface area contributed by atoms with E-state index in [1.54, 1.807) is 19.1 Å². The van der Waals surface area contributed by atoms with Gasteiger partial charge >= 0.3 is 0 Å². The molecule has 0 bridgehead atoms. The van der Waals surface area contributed by atoms with E-state index in [0.717, 1.165) is 26.6 Å². The fraction of sp³-hybridized carbons (Fsp3) is 0.333. The summed E-state index contributed by atoms with van der Waals surface area (Å²) in [6, 6.07) is 17.8. The van der Waals surface area contributed by atoms with Crippen molar-refractivity contribution in [2.75, 3.05) is 10.8 Å². The second kappa shape index (κ2) is 12.7. The van der Waals surface area contributed by atoms with Crippen molar-refractivity contribution in [3.63, 3.8) is 0 Å². The number of anilines is 1. The van der Waals surface area contributed by atoms with E-state index in [0.29, 0.717) is 10.7 Å². The van der Waals surface area contributed by atoms with Crippen LogP contribution in [0.1, 0.15) is 43.0 Å². The predicted octanol–water partition coefficient (Wildman–Crippen LogP) is 5.40. The summed E-state index contributed by atoms with van der Waals surface area (Å²) in [6.45, 7) is 10.8. The van der Waals surface area contributed by atoms with Gasteiger partial charge in [0.05, 0.1) is 10.6 Å². The van der Waals surface area contributed by atoms with Crippen molar-refractivity contribution in [1.82, 2.24) is 10.2 Å². The largest absolute Gasteiger partial charge is 0.352 e. The third kappa shape index (κ3) is 7.61. The Hall–Kier alpha value is -3.36. The van der Waals surface area contributed by atoms with Crippen molar-refractivity contribution < 1.29 is 18.0 Å². The second-order valence-electron chi connectivity index (χ2n) is 10.1. The van der Waals surface area contributed by atoms with Crippen LogP contribution in [0.15, 0.2) is 71.6 Å². The molecule has 208 valence electrons. The van der Waals surface area contributed by atoms with Crippen molar-refractivity contribution in [3.8, 4) is 0 Å². The highest BCUT2D eigenvalue weighted by atomic mass is 35.5. The molecule has 0 spiro atoms. The molecule has 0 aliphatic heterocycles. The molecule has 1 unspecified atom stereocenters. The number of benzene rings is 3. The lowest BCUT2D eigenvalue weighted by Crippen LogP contribution is -2.52. The molecule has 0 aromatic heterocycles. The summed E-state index contributed by atoms with van der Waals surface area (Å²) in [7, 11) is -4.15. The lowest BCUT2D eigenvalue weighted by molar-refractivity contribution is -0.139. The van der Waals surface area contributed by atoms with Gasteiger partial charge in [0, 0.05) is 17.6 Å². The van der Waals surface area contributed by atoms with Crippen LogP contribution >= 0.6 is 11.6 Å². The molecule has 0 fully saturated rings. The van der Waals surface area contributed by atoms with Gasteiger partial charge in [0.15, 0.2) is 0 Å². The minimum absolute atomic E-state index is 0.00811. The van der Waals surface area contributed by atoms with E-state index in [9.17, 15) is 18.0 Å². The SMILES string of the molecule is Cc1cccc(CN(C(=O)CN(c2ccc(C)c(C)c2)S(=O)(=O)c2ccc(Cl)cc2)C(C)C(=O)NC(C)C)c1. The lowest BCUT2D eigenvalue weighted by Gasteiger charge is -2.32. The maximum atomic E-state index is 14.0. The van der Waals surface area contributed by atoms with Gasteiger partial charge in [0.25, 0.3) is 10.0 Å². The van der Waals surface area contributed by atoms with Gasteiger partial charge in [0.1, 0.15) is 12.6 Å². The zero-order valence-electron chi connectivity index (χ0n) is 23.2.